The number of alkyl carbamates (subject to hydrolysis) is 1. The molecule has 5 atom stereocenters. The fourth-order valence-corrected chi connectivity index (χ4v) is 2.15. The van der Waals surface area contributed by atoms with Gasteiger partial charge in [-0.1, -0.05) is 30.3 Å². The van der Waals surface area contributed by atoms with Crippen molar-refractivity contribution in [3.63, 3.8) is 0 Å². The molecule has 1 aliphatic rings. The minimum Gasteiger partial charge on any atom is -0.445 e. The van der Waals surface area contributed by atoms with Gasteiger partial charge in [0.25, 0.3) is 0 Å². The molecule has 1 saturated heterocycles. The predicted molar refractivity (Wildman–Crippen MR) is 73.5 cm³/mol. The topological polar surface area (TPSA) is 128 Å². The van der Waals surface area contributed by atoms with Crippen molar-refractivity contribution in [2.24, 2.45) is 0 Å². The van der Waals surface area contributed by atoms with E-state index in [-0.39, 0.29) is 6.61 Å². The number of carbonyl (C=O) groups excluding carboxylic acids is 1. The summed E-state index contributed by atoms with van der Waals surface area (Å²) in [6, 6.07) is 7.71. The Balaban J connectivity index is 1.87. The third-order valence-corrected chi connectivity index (χ3v) is 3.40. The first-order chi connectivity index (χ1) is 10.5. The van der Waals surface area contributed by atoms with Crippen molar-refractivity contribution < 1.29 is 34.7 Å². The molecule has 1 fully saturated rings. The smallest absolute Gasteiger partial charge is 0.407 e. The van der Waals surface area contributed by atoms with E-state index < -0.39 is 43.3 Å². The van der Waals surface area contributed by atoms with E-state index in [9.17, 15) is 20.1 Å². The number of carbonyl (C=O) groups is 1. The first-order valence-electron chi connectivity index (χ1n) is 6.80. The SMILES string of the molecule is O=C(N[C@H]1[C@@H](O)[C@H](O)[C@@H](CO)O[C@H]1O)OCc1ccccc1. The van der Waals surface area contributed by atoms with Gasteiger partial charge in [-0.05, 0) is 5.56 Å². The number of ether oxygens (including phenoxy) is 2. The van der Waals surface area contributed by atoms with Crippen LogP contribution in [0.4, 0.5) is 4.79 Å². The molecule has 122 valence electrons. The number of hydrogen-bond acceptors (Lipinski definition) is 7. The third-order valence-electron chi connectivity index (χ3n) is 3.40. The zero-order valence-electron chi connectivity index (χ0n) is 11.7. The molecule has 5 N–H and O–H groups in total. The molecule has 1 aromatic carbocycles. The molecule has 1 amide bonds. The van der Waals surface area contributed by atoms with Gasteiger partial charge in [0.1, 0.15) is 31.0 Å². The van der Waals surface area contributed by atoms with Crippen LogP contribution in [0, 0.1) is 0 Å². The number of aliphatic hydroxyl groups is 4. The largest absolute Gasteiger partial charge is 0.445 e. The minimum atomic E-state index is -1.57. The molecule has 8 nitrogen and oxygen atoms in total. The average molecular weight is 313 g/mol. The minimum absolute atomic E-state index is 0.0221. The third kappa shape index (κ3) is 3.93. The van der Waals surface area contributed by atoms with Gasteiger partial charge < -0.3 is 35.2 Å². The molecule has 22 heavy (non-hydrogen) atoms. The van der Waals surface area contributed by atoms with Crippen LogP contribution < -0.4 is 5.32 Å². The van der Waals surface area contributed by atoms with Crippen molar-refractivity contribution in [3.8, 4) is 0 Å². The van der Waals surface area contributed by atoms with E-state index >= 15 is 0 Å². The van der Waals surface area contributed by atoms with Crippen LogP contribution in [0.25, 0.3) is 0 Å². The number of hydrogen-bond donors (Lipinski definition) is 5. The monoisotopic (exact) mass is 313 g/mol. The highest BCUT2D eigenvalue weighted by molar-refractivity contribution is 5.67. The quantitative estimate of drug-likeness (QED) is 0.468. The van der Waals surface area contributed by atoms with Crippen molar-refractivity contribution in [2.75, 3.05) is 6.61 Å². The summed E-state index contributed by atoms with van der Waals surface area (Å²) in [7, 11) is 0. The Morgan fingerprint density at radius 3 is 2.50 bits per heavy atom. The van der Waals surface area contributed by atoms with Crippen molar-refractivity contribution >= 4 is 6.09 Å². The van der Waals surface area contributed by atoms with Crippen LogP contribution in [0.3, 0.4) is 0 Å². The lowest BCUT2D eigenvalue weighted by atomic mass is 9.97. The number of amides is 1. The van der Waals surface area contributed by atoms with Gasteiger partial charge in [0.15, 0.2) is 6.29 Å². The van der Waals surface area contributed by atoms with Crippen LogP contribution in [0.5, 0.6) is 0 Å². The van der Waals surface area contributed by atoms with Crippen LogP contribution >= 0.6 is 0 Å². The standard InChI is InChI=1S/C14H19NO7/c16-6-9-11(17)12(18)10(13(19)22-9)15-14(20)21-7-8-4-2-1-3-5-8/h1-5,9-13,16-19H,6-7H2,(H,15,20)/t9-,10+,11-,12-,13-/m1/s1. The van der Waals surface area contributed by atoms with Gasteiger partial charge in [-0.25, -0.2) is 4.79 Å². The molecule has 0 unspecified atom stereocenters. The lowest BCUT2D eigenvalue weighted by Gasteiger charge is -2.39. The van der Waals surface area contributed by atoms with Crippen LogP contribution in [0.1, 0.15) is 5.56 Å². The summed E-state index contributed by atoms with van der Waals surface area (Å²) in [6.45, 7) is -0.547. The lowest BCUT2D eigenvalue weighted by molar-refractivity contribution is -0.253. The van der Waals surface area contributed by atoms with Gasteiger partial charge >= 0.3 is 6.09 Å². The maximum absolute atomic E-state index is 11.7. The van der Waals surface area contributed by atoms with Crippen LogP contribution in [0.2, 0.25) is 0 Å². The summed E-state index contributed by atoms with van der Waals surface area (Å²) in [5.74, 6) is 0. The Hall–Kier alpha value is -1.71. The number of benzene rings is 1. The second kappa shape index (κ2) is 7.52. The maximum Gasteiger partial charge on any atom is 0.407 e. The first-order valence-corrected chi connectivity index (χ1v) is 6.80. The van der Waals surface area contributed by atoms with Crippen molar-refractivity contribution in [1.29, 1.82) is 0 Å². The van der Waals surface area contributed by atoms with Gasteiger partial charge in [-0.15, -0.1) is 0 Å². The molecule has 1 heterocycles. The molecule has 0 saturated carbocycles. The van der Waals surface area contributed by atoms with Gasteiger partial charge in [0, 0.05) is 0 Å². The van der Waals surface area contributed by atoms with E-state index in [1.54, 1.807) is 24.3 Å². The van der Waals surface area contributed by atoms with E-state index in [1.807, 2.05) is 6.07 Å². The van der Waals surface area contributed by atoms with E-state index in [1.165, 1.54) is 0 Å². The van der Waals surface area contributed by atoms with Gasteiger partial charge in [0.2, 0.25) is 0 Å². The Labute approximate surface area is 126 Å². The Kier molecular flexibility index (Phi) is 5.69. The summed E-state index contributed by atoms with van der Waals surface area (Å²) >= 11 is 0. The maximum atomic E-state index is 11.7. The van der Waals surface area contributed by atoms with Crippen LogP contribution in [-0.4, -0.2) is 63.8 Å². The van der Waals surface area contributed by atoms with Gasteiger partial charge in [-0.3, -0.25) is 0 Å². The van der Waals surface area contributed by atoms with Gasteiger partial charge in [0.05, 0.1) is 6.61 Å². The molecule has 0 aromatic heterocycles. The number of rotatable bonds is 4. The second-order valence-corrected chi connectivity index (χ2v) is 4.96. The zero-order chi connectivity index (χ0) is 16.1. The van der Waals surface area contributed by atoms with E-state index in [0.29, 0.717) is 0 Å². The van der Waals surface area contributed by atoms with E-state index in [4.69, 9.17) is 14.6 Å². The summed E-state index contributed by atoms with van der Waals surface area (Å²) in [5.41, 5.74) is 0.777. The Morgan fingerprint density at radius 2 is 1.86 bits per heavy atom. The summed E-state index contributed by atoms with van der Waals surface area (Å²) in [5, 5.41) is 40.5. The fraction of sp³-hybridized carbons (Fsp3) is 0.500. The molecule has 0 aliphatic carbocycles. The van der Waals surface area contributed by atoms with Crippen molar-refractivity contribution in [2.45, 2.75) is 37.3 Å². The van der Waals surface area contributed by atoms with E-state index in [2.05, 4.69) is 5.32 Å². The highest BCUT2D eigenvalue weighted by Crippen LogP contribution is 2.19. The Bertz CT molecular complexity index is 483. The van der Waals surface area contributed by atoms with Crippen molar-refractivity contribution in [3.05, 3.63) is 35.9 Å². The average Bonchev–Trinajstić information content (AvgIpc) is 2.54. The van der Waals surface area contributed by atoms with Crippen molar-refractivity contribution in [1.82, 2.24) is 5.32 Å². The number of nitrogens with one attached hydrogen (secondary N) is 1. The molecule has 1 aromatic rings. The fourth-order valence-electron chi connectivity index (χ4n) is 2.15. The number of aliphatic hydroxyl groups excluding tert-OH is 4. The highest BCUT2D eigenvalue weighted by Gasteiger charge is 2.44. The predicted octanol–water partition coefficient (Wildman–Crippen LogP) is -1.29. The normalized spacial score (nSPS) is 31.5. The zero-order valence-corrected chi connectivity index (χ0v) is 11.7. The molecule has 0 spiro atoms. The van der Waals surface area contributed by atoms with E-state index in [0.717, 1.165) is 5.56 Å². The summed E-state index contributed by atoms with van der Waals surface area (Å²) in [4.78, 5) is 11.7. The molecule has 1 aliphatic heterocycles. The molecule has 2 rings (SSSR count). The summed E-state index contributed by atoms with van der Waals surface area (Å²) < 4.78 is 9.88. The summed E-state index contributed by atoms with van der Waals surface area (Å²) in [6.07, 6.45) is -6.49. The molecule has 0 bridgehead atoms. The second-order valence-electron chi connectivity index (χ2n) is 4.96. The molecular weight excluding hydrogens is 294 g/mol. The molecule has 8 heteroatoms. The first kappa shape index (κ1) is 16.7. The molecule has 0 radical (unpaired) electrons. The van der Waals surface area contributed by atoms with Gasteiger partial charge in [-0.2, -0.15) is 0 Å². The lowest BCUT2D eigenvalue weighted by Crippen LogP contribution is -2.64. The van der Waals surface area contributed by atoms with Crippen LogP contribution in [-0.2, 0) is 16.1 Å². The Morgan fingerprint density at radius 1 is 1.18 bits per heavy atom. The van der Waals surface area contributed by atoms with Crippen LogP contribution in [0.15, 0.2) is 30.3 Å². The highest BCUT2D eigenvalue weighted by atomic mass is 16.6. The molecular formula is C14H19NO7.